The van der Waals surface area contributed by atoms with Gasteiger partial charge in [-0.25, -0.2) is 4.79 Å². The number of halogens is 3. The number of phenolic OH excluding ortho intramolecular Hbond substituents is 1. The van der Waals surface area contributed by atoms with Gasteiger partial charge in [0.05, 0.1) is 34.5 Å². The number of aromatic nitrogens is 1. The van der Waals surface area contributed by atoms with Crippen molar-refractivity contribution in [3.63, 3.8) is 0 Å². The highest BCUT2D eigenvalue weighted by molar-refractivity contribution is 6.06. The minimum Gasteiger partial charge on any atom is -0.507 e. The van der Waals surface area contributed by atoms with Gasteiger partial charge in [0.15, 0.2) is 0 Å². The summed E-state index contributed by atoms with van der Waals surface area (Å²) >= 11 is 0. The molecule has 0 aliphatic heterocycles. The van der Waals surface area contributed by atoms with Crippen molar-refractivity contribution >= 4 is 16.9 Å². The van der Waals surface area contributed by atoms with E-state index in [1.807, 2.05) is 6.07 Å². The van der Waals surface area contributed by atoms with E-state index in [-0.39, 0.29) is 35.8 Å². The van der Waals surface area contributed by atoms with Crippen molar-refractivity contribution < 1.29 is 32.5 Å². The first-order chi connectivity index (χ1) is 14.2. The third-order valence-electron chi connectivity index (χ3n) is 4.58. The predicted molar refractivity (Wildman–Crippen MR) is 101 cm³/mol. The van der Waals surface area contributed by atoms with E-state index in [1.165, 1.54) is 24.3 Å². The Hall–Kier alpha value is -3.67. The third kappa shape index (κ3) is 3.89. The van der Waals surface area contributed by atoms with E-state index in [0.29, 0.717) is 16.6 Å². The zero-order chi connectivity index (χ0) is 22.1. The Morgan fingerprint density at radius 2 is 2.00 bits per heavy atom. The molecule has 0 atom stereocenters. The standard InChI is InChI=1S/C21H17F3N2O4/c1-3-29-20(28)19-15-9-18(27)12(10-25)7-16(15)26(2)17(19)11-30-14-6-4-5-13(8-14)21(22,23)24/h4-9,27H,3,11H2,1-2H3. The van der Waals surface area contributed by atoms with E-state index in [9.17, 15) is 23.1 Å². The lowest BCUT2D eigenvalue weighted by Gasteiger charge is -2.12. The second-order valence-electron chi connectivity index (χ2n) is 6.41. The highest BCUT2D eigenvalue weighted by Gasteiger charge is 2.31. The number of carbonyl (C=O) groups is 1. The number of carbonyl (C=O) groups excluding carboxylic acids is 1. The van der Waals surface area contributed by atoms with Crippen LogP contribution in [-0.2, 0) is 24.6 Å². The van der Waals surface area contributed by atoms with Crippen LogP contribution in [0.15, 0.2) is 36.4 Å². The van der Waals surface area contributed by atoms with Crippen molar-refractivity contribution in [1.29, 1.82) is 5.26 Å². The quantitative estimate of drug-likeness (QED) is 0.616. The minimum atomic E-state index is -4.51. The van der Waals surface area contributed by atoms with E-state index in [1.54, 1.807) is 18.5 Å². The number of aryl methyl sites for hydroxylation is 1. The first-order valence-corrected chi connectivity index (χ1v) is 8.89. The van der Waals surface area contributed by atoms with Gasteiger partial charge >= 0.3 is 12.1 Å². The van der Waals surface area contributed by atoms with Crippen LogP contribution in [0, 0.1) is 11.3 Å². The monoisotopic (exact) mass is 418 g/mol. The maximum Gasteiger partial charge on any atom is 0.416 e. The molecule has 0 unspecified atom stereocenters. The molecule has 0 saturated carbocycles. The molecule has 30 heavy (non-hydrogen) atoms. The molecule has 0 fully saturated rings. The zero-order valence-corrected chi connectivity index (χ0v) is 16.1. The van der Waals surface area contributed by atoms with E-state index in [0.717, 1.165) is 12.1 Å². The summed E-state index contributed by atoms with van der Waals surface area (Å²) in [5.74, 6) is -0.994. The Bertz CT molecular complexity index is 1160. The molecule has 0 bridgehead atoms. The van der Waals surface area contributed by atoms with E-state index < -0.39 is 17.7 Å². The molecule has 0 aliphatic carbocycles. The Morgan fingerprint density at radius 3 is 2.63 bits per heavy atom. The average Bonchev–Trinajstić information content (AvgIpc) is 2.96. The van der Waals surface area contributed by atoms with Crippen molar-refractivity contribution in [1.82, 2.24) is 4.57 Å². The minimum absolute atomic E-state index is 0.0175. The number of nitrogens with zero attached hydrogens (tertiary/aromatic N) is 2. The van der Waals surface area contributed by atoms with Gasteiger partial charge in [-0.05, 0) is 37.3 Å². The number of hydrogen-bond donors (Lipinski definition) is 1. The number of esters is 1. The Balaban J connectivity index is 2.06. The summed E-state index contributed by atoms with van der Waals surface area (Å²) in [6.45, 7) is 1.50. The highest BCUT2D eigenvalue weighted by atomic mass is 19.4. The lowest BCUT2D eigenvalue weighted by atomic mass is 10.1. The van der Waals surface area contributed by atoms with Crippen molar-refractivity contribution in [3.05, 3.63) is 58.8 Å². The largest absolute Gasteiger partial charge is 0.507 e. The maximum atomic E-state index is 12.9. The zero-order valence-electron chi connectivity index (χ0n) is 16.1. The molecular weight excluding hydrogens is 401 g/mol. The molecule has 0 aliphatic rings. The van der Waals surface area contributed by atoms with Gasteiger partial charge < -0.3 is 19.1 Å². The summed E-state index contributed by atoms with van der Waals surface area (Å²) in [7, 11) is 1.62. The number of alkyl halides is 3. The van der Waals surface area contributed by atoms with Gasteiger partial charge in [-0.1, -0.05) is 6.07 Å². The number of ether oxygens (including phenoxy) is 2. The number of nitriles is 1. The molecule has 0 spiro atoms. The fourth-order valence-corrected chi connectivity index (χ4v) is 3.13. The lowest BCUT2D eigenvalue weighted by Crippen LogP contribution is -2.11. The van der Waals surface area contributed by atoms with Crippen LogP contribution in [0.3, 0.4) is 0 Å². The molecule has 3 aromatic rings. The van der Waals surface area contributed by atoms with Crippen LogP contribution in [-0.4, -0.2) is 22.2 Å². The van der Waals surface area contributed by atoms with Crippen LogP contribution >= 0.6 is 0 Å². The first kappa shape index (κ1) is 21.0. The molecule has 6 nitrogen and oxygen atoms in total. The highest BCUT2D eigenvalue weighted by Crippen LogP contribution is 2.34. The van der Waals surface area contributed by atoms with Gasteiger partial charge in [0.1, 0.15) is 24.2 Å². The average molecular weight is 418 g/mol. The molecule has 156 valence electrons. The van der Waals surface area contributed by atoms with E-state index in [4.69, 9.17) is 14.7 Å². The number of aromatic hydroxyl groups is 1. The summed E-state index contributed by atoms with van der Waals surface area (Å²) in [5.41, 5.74) is 0.0709. The van der Waals surface area contributed by atoms with Crippen LogP contribution < -0.4 is 4.74 Å². The summed E-state index contributed by atoms with van der Waals surface area (Å²) in [6, 6.07) is 8.96. The fourth-order valence-electron chi connectivity index (χ4n) is 3.13. The number of phenols is 1. The van der Waals surface area contributed by atoms with Crippen LogP contribution in [0.4, 0.5) is 13.2 Å². The number of hydrogen-bond acceptors (Lipinski definition) is 5. The van der Waals surface area contributed by atoms with E-state index in [2.05, 4.69) is 0 Å². The van der Waals surface area contributed by atoms with Gasteiger partial charge in [0, 0.05) is 12.4 Å². The second-order valence-corrected chi connectivity index (χ2v) is 6.41. The SMILES string of the molecule is CCOC(=O)c1c(COc2cccc(C(F)(F)F)c2)n(C)c2cc(C#N)c(O)cc12. The van der Waals surface area contributed by atoms with Crippen LogP contribution in [0.5, 0.6) is 11.5 Å². The molecule has 1 heterocycles. The lowest BCUT2D eigenvalue weighted by molar-refractivity contribution is -0.137. The predicted octanol–water partition coefficient (Wildman–Crippen LogP) is 4.53. The Labute approximate surface area is 169 Å². The van der Waals surface area contributed by atoms with Gasteiger partial charge in [-0.2, -0.15) is 18.4 Å². The molecule has 1 N–H and O–H groups in total. The van der Waals surface area contributed by atoms with Crippen LogP contribution in [0.2, 0.25) is 0 Å². The smallest absolute Gasteiger partial charge is 0.416 e. The molecule has 0 amide bonds. The first-order valence-electron chi connectivity index (χ1n) is 8.89. The van der Waals surface area contributed by atoms with Crippen molar-refractivity contribution in [2.24, 2.45) is 7.05 Å². The third-order valence-corrected chi connectivity index (χ3v) is 4.58. The number of fused-ring (bicyclic) bond motifs is 1. The Morgan fingerprint density at radius 1 is 1.27 bits per heavy atom. The molecule has 0 saturated heterocycles. The van der Waals surface area contributed by atoms with Gasteiger partial charge in [-0.15, -0.1) is 0 Å². The molecule has 0 radical (unpaired) electrons. The Kier molecular flexibility index (Phi) is 5.60. The normalized spacial score (nSPS) is 11.3. The van der Waals surface area contributed by atoms with Crippen molar-refractivity contribution in [2.45, 2.75) is 19.7 Å². The van der Waals surface area contributed by atoms with Crippen molar-refractivity contribution in [2.75, 3.05) is 6.61 Å². The fraction of sp³-hybridized carbons (Fsp3) is 0.238. The van der Waals surface area contributed by atoms with E-state index >= 15 is 0 Å². The number of benzene rings is 2. The second kappa shape index (κ2) is 7.99. The van der Waals surface area contributed by atoms with Gasteiger partial charge in [0.2, 0.25) is 0 Å². The summed E-state index contributed by atoms with van der Waals surface area (Å²) < 4.78 is 51.0. The summed E-state index contributed by atoms with van der Waals surface area (Å²) in [4.78, 5) is 12.6. The molecule has 2 aromatic carbocycles. The van der Waals surface area contributed by atoms with Crippen LogP contribution in [0.1, 0.15) is 34.1 Å². The maximum absolute atomic E-state index is 12.9. The molecule has 3 rings (SSSR count). The summed E-state index contributed by atoms with van der Waals surface area (Å²) in [6.07, 6.45) is -4.51. The molecule has 1 aromatic heterocycles. The van der Waals surface area contributed by atoms with Crippen LogP contribution in [0.25, 0.3) is 10.9 Å². The molecular formula is C21H17F3N2O4. The van der Waals surface area contributed by atoms with Gasteiger partial charge in [-0.3, -0.25) is 0 Å². The topological polar surface area (TPSA) is 84.5 Å². The number of rotatable bonds is 5. The van der Waals surface area contributed by atoms with Gasteiger partial charge in [0.25, 0.3) is 0 Å². The molecule has 9 heteroatoms. The summed E-state index contributed by atoms with van der Waals surface area (Å²) in [5, 5.41) is 19.5. The van der Waals surface area contributed by atoms with Crippen molar-refractivity contribution in [3.8, 4) is 17.6 Å².